The number of nitrogens with one attached hydrogen (secondary N) is 2. The lowest BCUT2D eigenvalue weighted by Gasteiger charge is -2.09. The van der Waals surface area contributed by atoms with Crippen molar-refractivity contribution >= 4 is 34.7 Å². The molecule has 1 aromatic heterocycles. The molecular formula is C18H14ClFN4O2. The highest BCUT2D eigenvalue weighted by Gasteiger charge is 2.11. The summed E-state index contributed by atoms with van der Waals surface area (Å²) < 4.78 is 18.4. The normalized spacial score (nSPS) is 10.3. The molecule has 132 valence electrons. The molecule has 0 radical (unpaired) electrons. The summed E-state index contributed by atoms with van der Waals surface area (Å²) in [5.74, 6) is 0.103. The van der Waals surface area contributed by atoms with E-state index < -0.39 is 11.7 Å². The first-order valence-corrected chi connectivity index (χ1v) is 7.92. The molecule has 3 rings (SSSR count). The first-order valence-electron chi connectivity index (χ1n) is 7.54. The Hall–Kier alpha value is -3.19. The highest BCUT2D eigenvalue weighted by molar-refractivity contribution is 6.31. The SMILES string of the molecule is COc1cccc(Nc2cc(C(=O)Nc3ccc(F)c(Cl)c3)ncn2)c1. The van der Waals surface area contributed by atoms with Crippen molar-refractivity contribution < 1.29 is 13.9 Å². The maximum absolute atomic E-state index is 13.2. The lowest BCUT2D eigenvalue weighted by molar-refractivity contribution is 0.102. The number of ether oxygens (including phenoxy) is 1. The number of hydrogen-bond donors (Lipinski definition) is 2. The first kappa shape index (κ1) is 17.6. The van der Waals surface area contributed by atoms with Gasteiger partial charge in [0.25, 0.3) is 5.91 Å². The third-order valence-electron chi connectivity index (χ3n) is 3.42. The van der Waals surface area contributed by atoms with Gasteiger partial charge in [0, 0.05) is 23.5 Å². The molecule has 1 heterocycles. The summed E-state index contributed by atoms with van der Waals surface area (Å²) in [4.78, 5) is 20.4. The molecule has 8 heteroatoms. The van der Waals surface area contributed by atoms with Crippen LogP contribution in [0.15, 0.2) is 54.9 Å². The summed E-state index contributed by atoms with van der Waals surface area (Å²) in [5.41, 5.74) is 1.26. The van der Waals surface area contributed by atoms with E-state index in [1.165, 1.54) is 30.6 Å². The molecule has 0 aliphatic rings. The van der Waals surface area contributed by atoms with E-state index in [2.05, 4.69) is 20.6 Å². The molecule has 3 aromatic rings. The van der Waals surface area contributed by atoms with Crippen LogP contribution in [0.5, 0.6) is 5.75 Å². The molecule has 2 aromatic carbocycles. The average Bonchev–Trinajstić information content (AvgIpc) is 2.65. The molecule has 0 saturated carbocycles. The molecule has 0 saturated heterocycles. The van der Waals surface area contributed by atoms with Crippen LogP contribution in [0.25, 0.3) is 0 Å². The van der Waals surface area contributed by atoms with Crippen LogP contribution in [0.2, 0.25) is 5.02 Å². The van der Waals surface area contributed by atoms with Crippen molar-refractivity contribution in [1.29, 1.82) is 0 Å². The van der Waals surface area contributed by atoms with E-state index in [1.807, 2.05) is 18.2 Å². The quantitative estimate of drug-likeness (QED) is 0.699. The highest BCUT2D eigenvalue weighted by atomic mass is 35.5. The van der Waals surface area contributed by atoms with Crippen molar-refractivity contribution in [1.82, 2.24) is 9.97 Å². The van der Waals surface area contributed by atoms with E-state index >= 15 is 0 Å². The van der Waals surface area contributed by atoms with Gasteiger partial charge in [-0.25, -0.2) is 14.4 Å². The smallest absolute Gasteiger partial charge is 0.274 e. The van der Waals surface area contributed by atoms with E-state index in [4.69, 9.17) is 16.3 Å². The number of rotatable bonds is 5. The molecule has 0 aliphatic heterocycles. The molecule has 0 aliphatic carbocycles. The number of aromatic nitrogens is 2. The van der Waals surface area contributed by atoms with Gasteiger partial charge in [-0.05, 0) is 30.3 Å². The maximum atomic E-state index is 13.2. The minimum Gasteiger partial charge on any atom is -0.497 e. The van der Waals surface area contributed by atoms with Gasteiger partial charge < -0.3 is 15.4 Å². The Kier molecular flexibility index (Phi) is 5.28. The van der Waals surface area contributed by atoms with Crippen LogP contribution in [0, 0.1) is 5.82 Å². The zero-order valence-electron chi connectivity index (χ0n) is 13.7. The fraction of sp³-hybridized carbons (Fsp3) is 0.0556. The largest absolute Gasteiger partial charge is 0.497 e. The zero-order chi connectivity index (χ0) is 18.5. The summed E-state index contributed by atoms with van der Waals surface area (Å²) in [5, 5.41) is 5.60. The number of carbonyl (C=O) groups excluding carboxylic acids is 1. The van der Waals surface area contributed by atoms with Crippen LogP contribution in [-0.4, -0.2) is 23.0 Å². The molecule has 0 unspecified atom stereocenters. The minimum absolute atomic E-state index is 0.0779. The zero-order valence-corrected chi connectivity index (χ0v) is 14.4. The molecule has 6 nitrogen and oxygen atoms in total. The molecule has 1 amide bonds. The number of carbonyl (C=O) groups is 1. The second-order valence-electron chi connectivity index (χ2n) is 5.23. The van der Waals surface area contributed by atoms with Crippen molar-refractivity contribution in [2.45, 2.75) is 0 Å². The van der Waals surface area contributed by atoms with Crippen LogP contribution >= 0.6 is 11.6 Å². The van der Waals surface area contributed by atoms with Crippen LogP contribution < -0.4 is 15.4 Å². The fourth-order valence-electron chi connectivity index (χ4n) is 2.17. The lowest BCUT2D eigenvalue weighted by atomic mass is 10.2. The maximum Gasteiger partial charge on any atom is 0.274 e. The lowest BCUT2D eigenvalue weighted by Crippen LogP contribution is -2.14. The topological polar surface area (TPSA) is 76.1 Å². The van der Waals surface area contributed by atoms with E-state index in [9.17, 15) is 9.18 Å². The van der Waals surface area contributed by atoms with Crippen LogP contribution in [0.3, 0.4) is 0 Å². The molecule has 2 N–H and O–H groups in total. The first-order chi connectivity index (χ1) is 12.5. The Bertz CT molecular complexity index is 952. The third kappa shape index (κ3) is 4.25. The molecule has 0 spiro atoms. The summed E-state index contributed by atoms with van der Waals surface area (Å²) in [6.45, 7) is 0. The van der Waals surface area contributed by atoms with Crippen molar-refractivity contribution in [2.75, 3.05) is 17.7 Å². The standard InChI is InChI=1S/C18H14ClFN4O2/c1-26-13-4-2-3-11(7-13)23-17-9-16(21-10-22-17)18(25)24-12-5-6-15(20)14(19)8-12/h2-10H,1H3,(H,24,25)(H,21,22,23). The van der Waals surface area contributed by atoms with Gasteiger partial charge in [-0.2, -0.15) is 0 Å². The Labute approximate surface area is 154 Å². The van der Waals surface area contributed by atoms with Crippen molar-refractivity contribution in [3.05, 3.63) is 71.4 Å². The Balaban J connectivity index is 1.75. The van der Waals surface area contributed by atoms with E-state index in [-0.39, 0.29) is 10.7 Å². The number of nitrogens with zero attached hydrogens (tertiary/aromatic N) is 2. The number of halogens is 2. The Morgan fingerprint density at radius 1 is 1.12 bits per heavy atom. The highest BCUT2D eigenvalue weighted by Crippen LogP contribution is 2.22. The Morgan fingerprint density at radius 3 is 2.73 bits per heavy atom. The predicted octanol–water partition coefficient (Wildman–Crippen LogP) is 4.27. The number of benzene rings is 2. The van der Waals surface area contributed by atoms with Gasteiger partial charge in [-0.3, -0.25) is 4.79 Å². The van der Waals surface area contributed by atoms with Crippen molar-refractivity contribution in [3.8, 4) is 5.75 Å². The molecule has 26 heavy (non-hydrogen) atoms. The fourth-order valence-corrected chi connectivity index (χ4v) is 2.35. The molecular weight excluding hydrogens is 359 g/mol. The van der Waals surface area contributed by atoms with Gasteiger partial charge in [-0.1, -0.05) is 17.7 Å². The second-order valence-corrected chi connectivity index (χ2v) is 5.64. The van der Waals surface area contributed by atoms with Crippen molar-refractivity contribution in [2.24, 2.45) is 0 Å². The predicted molar refractivity (Wildman–Crippen MR) is 97.7 cm³/mol. The van der Waals surface area contributed by atoms with Crippen LogP contribution in [-0.2, 0) is 0 Å². The summed E-state index contributed by atoms with van der Waals surface area (Å²) >= 11 is 5.71. The summed E-state index contributed by atoms with van der Waals surface area (Å²) in [6, 6.07) is 12.7. The monoisotopic (exact) mass is 372 g/mol. The van der Waals surface area contributed by atoms with E-state index in [0.717, 1.165) is 5.69 Å². The Morgan fingerprint density at radius 2 is 1.96 bits per heavy atom. The van der Waals surface area contributed by atoms with Gasteiger partial charge in [0.2, 0.25) is 0 Å². The van der Waals surface area contributed by atoms with Gasteiger partial charge >= 0.3 is 0 Å². The van der Waals surface area contributed by atoms with Crippen LogP contribution in [0.1, 0.15) is 10.5 Å². The minimum atomic E-state index is -0.559. The average molecular weight is 373 g/mol. The van der Waals surface area contributed by atoms with Gasteiger partial charge in [0.15, 0.2) is 0 Å². The number of methoxy groups -OCH3 is 1. The van der Waals surface area contributed by atoms with Gasteiger partial charge in [0.05, 0.1) is 12.1 Å². The summed E-state index contributed by atoms with van der Waals surface area (Å²) in [6.07, 6.45) is 1.27. The summed E-state index contributed by atoms with van der Waals surface area (Å²) in [7, 11) is 1.58. The van der Waals surface area contributed by atoms with E-state index in [1.54, 1.807) is 13.2 Å². The van der Waals surface area contributed by atoms with Crippen LogP contribution in [0.4, 0.5) is 21.6 Å². The number of amides is 1. The number of anilines is 3. The van der Waals surface area contributed by atoms with Crippen molar-refractivity contribution in [3.63, 3.8) is 0 Å². The molecule has 0 bridgehead atoms. The molecule has 0 atom stereocenters. The molecule has 0 fully saturated rings. The van der Waals surface area contributed by atoms with Gasteiger partial charge in [-0.15, -0.1) is 0 Å². The van der Waals surface area contributed by atoms with Gasteiger partial charge in [0.1, 0.15) is 29.4 Å². The second kappa shape index (κ2) is 7.79. The third-order valence-corrected chi connectivity index (χ3v) is 3.71. The van der Waals surface area contributed by atoms with E-state index in [0.29, 0.717) is 17.3 Å². The number of hydrogen-bond acceptors (Lipinski definition) is 5.